The zero-order valence-corrected chi connectivity index (χ0v) is 13.9. The third kappa shape index (κ3) is 4.91. The summed E-state index contributed by atoms with van der Waals surface area (Å²) in [4.78, 5) is 25.7. The van der Waals surface area contributed by atoms with Crippen molar-refractivity contribution < 1.29 is 19.8 Å². The van der Waals surface area contributed by atoms with E-state index < -0.39 is 11.9 Å². The number of hydrogen-bond donors (Lipinski definition) is 2. The highest BCUT2D eigenvalue weighted by atomic mass is 16.4. The molecule has 1 aromatic heterocycles. The van der Waals surface area contributed by atoms with Crippen LogP contribution in [0.3, 0.4) is 0 Å². The fourth-order valence-electron chi connectivity index (χ4n) is 2.85. The molecule has 0 fully saturated rings. The van der Waals surface area contributed by atoms with E-state index in [0.717, 1.165) is 13.0 Å². The number of pyridine rings is 1. The summed E-state index contributed by atoms with van der Waals surface area (Å²) in [6, 6.07) is 13.4. The Morgan fingerprint density at radius 2 is 1.72 bits per heavy atom. The minimum absolute atomic E-state index is 0.508. The molecule has 2 aromatic rings. The zero-order valence-electron chi connectivity index (χ0n) is 13.9. The molecule has 0 amide bonds. The van der Waals surface area contributed by atoms with Crippen LogP contribution in [0.4, 0.5) is 5.69 Å². The number of rotatable bonds is 4. The number of nitrogens with zero attached hydrogens (tertiary/aromatic N) is 2. The summed E-state index contributed by atoms with van der Waals surface area (Å²) in [5.41, 5.74) is 4.20. The Morgan fingerprint density at radius 3 is 2.28 bits per heavy atom. The number of aliphatic carboxylic acids is 2. The number of fused-ring (bicyclic) bond motifs is 1. The lowest BCUT2D eigenvalue weighted by atomic mass is 10.0. The lowest BCUT2D eigenvalue weighted by molar-refractivity contribution is -0.134. The van der Waals surface area contributed by atoms with Crippen molar-refractivity contribution >= 4 is 17.6 Å². The fraction of sp³-hybridized carbons (Fsp3) is 0.211. The van der Waals surface area contributed by atoms with E-state index in [0.29, 0.717) is 18.2 Å². The molecule has 1 atom stereocenters. The van der Waals surface area contributed by atoms with Crippen LogP contribution in [0.25, 0.3) is 0 Å². The van der Waals surface area contributed by atoms with Crippen LogP contribution in [0.5, 0.6) is 0 Å². The molecule has 2 N–H and O–H groups in total. The van der Waals surface area contributed by atoms with E-state index in [1.807, 2.05) is 12.4 Å². The molecule has 3 rings (SSSR count). The molecule has 0 bridgehead atoms. The van der Waals surface area contributed by atoms with Crippen molar-refractivity contribution in [3.8, 4) is 0 Å². The van der Waals surface area contributed by atoms with Gasteiger partial charge in [0.2, 0.25) is 0 Å². The molecule has 130 valence electrons. The van der Waals surface area contributed by atoms with Gasteiger partial charge < -0.3 is 15.1 Å². The lowest BCUT2D eigenvalue weighted by Crippen LogP contribution is -2.20. The second-order valence-electron chi connectivity index (χ2n) is 5.47. The van der Waals surface area contributed by atoms with Crippen molar-refractivity contribution in [2.75, 3.05) is 4.90 Å². The van der Waals surface area contributed by atoms with Gasteiger partial charge in [0.25, 0.3) is 0 Å². The van der Waals surface area contributed by atoms with Gasteiger partial charge in [0.05, 0.1) is 6.04 Å². The number of carboxylic acid groups (broad SMARTS) is 2. The van der Waals surface area contributed by atoms with Gasteiger partial charge in [-0.3, -0.25) is 4.98 Å². The predicted molar refractivity (Wildman–Crippen MR) is 94.3 cm³/mol. The molecule has 0 radical (unpaired) electrons. The van der Waals surface area contributed by atoms with E-state index in [1.165, 1.54) is 16.8 Å². The molecular weight excluding hydrogens is 320 g/mol. The highest BCUT2D eigenvalue weighted by Crippen LogP contribution is 2.38. The Balaban J connectivity index is 0.000000242. The van der Waals surface area contributed by atoms with Crippen LogP contribution >= 0.6 is 0 Å². The molecule has 1 aliphatic rings. The smallest absolute Gasteiger partial charge is 0.328 e. The van der Waals surface area contributed by atoms with E-state index in [4.69, 9.17) is 10.2 Å². The topological polar surface area (TPSA) is 90.7 Å². The first-order valence-electron chi connectivity index (χ1n) is 7.91. The van der Waals surface area contributed by atoms with Gasteiger partial charge in [-0.15, -0.1) is 0 Å². The monoisotopic (exact) mass is 340 g/mol. The van der Waals surface area contributed by atoms with Gasteiger partial charge in [-0.1, -0.05) is 31.2 Å². The molecule has 1 aliphatic heterocycles. The summed E-state index contributed by atoms with van der Waals surface area (Å²) >= 11 is 0. The van der Waals surface area contributed by atoms with Crippen LogP contribution in [-0.2, 0) is 16.1 Å². The largest absolute Gasteiger partial charge is 0.478 e. The molecule has 0 aliphatic carbocycles. The number of carboxylic acids is 2. The van der Waals surface area contributed by atoms with E-state index >= 15 is 0 Å². The second-order valence-corrected chi connectivity index (χ2v) is 5.47. The fourth-order valence-corrected chi connectivity index (χ4v) is 2.85. The quantitative estimate of drug-likeness (QED) is 0.830. The molecule has 1 unspecified atom stereocenters. The lowest BCUT2D eigenvalue weighted by Gasteiger charge is -2.26. The first kappa shape index (κ1) is 18.2. The number of anilines is 1. The summed E-state index contributed by atoms with van der Waals surface area (Å²) in [5.74, 6) is -2.51. The summed E-state index contributed by atoms with van der Waals surface area (Å²) in [6.07, 6.45) is 5.99. The molecule has 0 spiro atoms. The standard InChI is InChI=1S/C15H16N2.C4H4O4/c1-2-15-14-6-4-3-5-12(14)11-17(15)13-7-9-16-10-8-13;5-3(6)1-2-4(7)8/h3-10,15H,2,11H2,1H3;1-2H,(H,5,6)(H,7,8). The molecule has 0 saturated carbocycles. The van der Waals surface area contributed by atoms with Crippen molar-refractivity contribution in [1.82, 2.24) is 4.98 Å². The van der Waals surface area contributed by atoms with Gasteiger partial charge >= 0.3 is 11.9 Å². The minimum Gasteiger partial charge on any atom is -0.478 e. The van der Waals surface area contributed by atoms with Crippen LogP contribution < -0.4 is 4.90 Å². The summed E-state index contributed by atoms with van der Waals surface area (Å²) in [6.45, 7) is 3.26. The van der Waals surface area contributed by atoms with E-state index in [9.17, 15) is 9.59 Å². The Kier molecular flexibility index (Phi) is 6.28. The second kappa shape index (κ2) is 8.63. The van der Waals surface area contributed by atoms with Crippen molar-refractivity contribution in [1.29, 1.82) is 0 Å². The van der Waals surface area contributed by atoms with E-state index in [2.05, 4.69) is 53.2 Å². The molecule has 2 heterocycles. The molecule has 6 heteroatoms. The molecular formula is C19H20N2O4. The van der Waals surface area contributed by atoms with Gasteiger partial charge in [0.15, 0.2) is 0 Å². The highest BCUT2D eigenvalue weighted by molar-refractivity contribution is 5.89. The number of benzene rings is 1. The average molecular weight is 340 g/mol. The van der Waals surface area contributed by atoms with Crippen LogP contribution in [0.1, 0.15) is 30.5 Å². The van der Waals surface area contributed by atoms with Crippen molar-refractivity contribution in [3.05, 3.63) is 72.1 Å². The van der Waals surface area contributed by atoms with Gasteiger partial charge in [0.1, 0.15) is 0 Å². The maximum atomic E-state index is 9.55. The summed E-state index contributed by atoms with van der Waals surface area (Å²) < 4.78 is 0. The SMILES string of the molecule is CCC1c2ccccc2CN1c1ccncc1.O=C(O)C=CC(=O)O. The van der Waals surface area contributed by atoms with Crippen molar-refractivity contribution in [3.63, 3.8) is 0 Å². The van der Waals surface area contributed by atoms with Crippen molar-refractivity contribution in [2.24, 2.45) is 0 Å². The number of carbonyl (C=O) groups is 2. The van der Waals surface area contributed by atoms with Gasteiger partial charge in [-0.05, 0) is 29.7 Å². The van der Waals surface area contributed by atoms with Gasteiger partial charge in [-0.25, -0.2) is 9.59 Å². The van der Waals surface area contributed by atoms with Crippen LogP contribution in [0, 0.1) is 0 Å². The van der Waals surface area contributed by atoms with E-state index in [1.54, 1.807) is 0 Å². The normalized spacial score (nSPS) is 15.4. The highest BCUT2D eigenvalue weighted by Gasteiger charge is 2.28. The van der Waals surface area contributed by atoms with Crippen LogP contribution in [0.2, 0.25) is 0 Å². The zero-order chi connectivity index (χ0) is 18.2. The molecule has 1 aromatic carbocycles. The first-order chi connectivity index (χ1) is 12.0. The van der Waals surface area contributed by atoms with Crippen molar-refractivity contribution in [2.45, 2.75) is 25.9 Å². The maximum Gasteiger partial charge on any atom is 0.328 e. The van der Waals surface area contributed by atoms with Gasteiger partial charge in [-0.2, -0.15) is 0 Å². The van der Waals surface area contributed by atoms with Crippen LogP contribution in [-0.4, -0.2) is 27.1 Å². The number of aromatic nitrogens is 1. The first-order valence-corrected chi connectivity index (χ1v) is 7.91. The summed E-state index contributed by atoms with van der Waals surface area (Å²) in [5, 5.41) is 15.6. The molecule has 0 saturated heterocycles. The van der Waals surface area contributed by atoms with Gasteiger partial charge in [0, 0.05) is 36.8 Å². The van der Waals surface area contributed by atoms with E-state index in [-0.39, 0.29) is 0 Å². The maximum absolute atomic E-state index is 9.55. The third-order valence-electron chi connectivity index (χ3n) is 3.88. The third-order valence-corrected chi connectivity index (χ3v) is 3.88. The predicted octanol–water partition coefficient (Wildman–Crippen LogP) is 3.26. The molecule has 6 nitrogen and oxygen atoms in total. The Bertz CT molecular complexity index is 743. The number of hydrogen-bond acceptors (Lipinski definition) is 4. The Morgan fingerprint density at radius 1 is 1.12 bits per heavy atom. The molecule has 25 heavy (non-hydrogen) atoms. The Hall–Kier alpha value is -3.15. The summed E-state index contributed by atoms with van der Waals surface area (Å²) in [7, 11) is 0. The average Bonchev–Trinajstić information content (AvgIpc) is 3.00. The van der Waals surface area contributed by atoms with Crippen LogP contribution in [0.15, 0.2) is 60.9 Å². The Labute approximate surface area is 146 Å². The minimum atomic E-state index is -1.26.